The number of carbonyl (C=O) groups excluding carboxylic acids is 1. The van der Waals surface area contributed by atoms with Gasteiger partial charge in [0.15, 0.2) is 0 Å². The Labute approximate surface area is 217 Å². The van der Waals surface area contributed by atoms with Crippen LogP contribution in [0.2, 0.25) is 10.0 Å². The summed E-state index contributed by atoms with van der Waals surface area (Å²) >= 11 is 12.2. The number of carbonyl (C=O) groups is 1. The monoisotopic (exact) mass is 538 g/mol. The maximum Gasteiger partial charge on any atom is 0.258 e. The molecule has 1 aliphatic heterocycles. The lowest BCUT2D eigenvalue weighted by molar-refractivity contribution is 0.0897. The lowest BCUT2D eigenvalue weighted by Gasteiger charge is -2.35. The van der Waals surface area contributed by atoms with E-state index in [1.165, 1.54) is 12.1 Å². The number of benzene rings is 2. The Hall–Kier alpha value is -1.55. The molecular formula is C25H27Cl2FN3O3S-. The van der Waals surface area contributed by atoms with E-state index in [0.29, 0.717) is 29.4 Å². The third kappa shape index (κ3) is 6.06. The maximum atomic E-state index is 15.0. The number of nitrogens with zero attached hydrogens (tertiary/aromatic N) is 3. The van der Waals surface area contributed by atoms with Gasteiger partial charge in [0, 0.05) is 49.3 Å². The van der Waals surface area contributed by atoms with Crippen molar-refractivity contribution in [2.24, 2.45) is 0 Å². The Bertz CT molecular complexity index is 1130. The molecule has 6 nitrogen and oxygen atoms in total. The fourth-order valence-corrected chi connectivity index (χ4v) is 6.24. The van der Waals surface area contributed by atoms with E-state index in [1.54, 1.807) is 6.07 Å². The Morgan fingerprint density at radius 3 is 2.14 bits per heavy atom. The van der Waals surface area contributed by atoms with Gasteiger partial charge in [-0.05, 0) is 78.6 Å². The minimum atomic E-state index is -1.94. The SMILES string of the molecule is O=C(c1cc(C2CC2)c(CN2CCN(Cc3cc(Cl)cc(Cl)c3)CC2)cc1F)N([O-])S(=O)C1CC1. The zero-order chi connectivity index (χ0) is 24.7. The number of rotatable bonds is 8. The van der Waals surface area contributed by atoms with E-state index in [9.17, 15) is 18.6 Å². The second kappa shape index (κ2) is 10.4. The average molecular weight is 539 g/mol. The molecular weight excluding hydrogens is 512 g/mol. The molecule has 5 rings (SSSR count). The molecule has 0 bridgehead atoms. The molecule has 1 heterocycles. The Balaban J connectivity index is 1.24. The summed E-state index contributed by atoms with van der Waals surface area (Å²) in [5.74, 6) is -1.49. The second-order valence-corrected chi connectivity index (χ2v) is 12.1. The Kier molecular flexibility index (Phi) is 7.49. The highest BCUT2D eigenvalue weighted by Gasteiger charge is 2.34. The molecule has 3 fully saturated rings. The predicted molar refractivity (Wildman–Crippen MR) is 136 cm³/mol. The normalized spacial score (nSPS) is 20.1. The van der Waals surface area contributed by atoms with Crippen LogP contribution in [0.25, 0.3) is 0 Å². The van der Waals surface area contributed by atoms with Crippen LogP contribution in [0.5, 0.6) is 0 Å². The summed E-state index contributed by atoms with van der Waals surface area (Å²) in [6.07, 6.45) is 3.29. The van der Waals surface area contributed by atoms with Crippen molar-refractivity contribution in [1.82, 2.24) is 14.3 Å². The van der Waals surface area contributed by atoms with Crippen LogP contribution in [0.15, 0.2) is 30.3 Å². The fourth-order valence-electron chi connectivity index (χ4n) is 4.60. The van der Waals surface area contributed by atoms with Crippen LogP contribution < -0.4 is 0 Å². The van der Waals surface area contributed by atoms with E-state index in [1.807, 2.05) is 12.1 Å². The highest BCUT2D eigenvalue weighted by atomic mass is 35.5. The molecule has 188 valence electrons. The van der Waals surface area contributed by atoms with E-state index in [2.05, 4.69) is 9.80 Å². The molecule has 1 unspecified atom stereocenters. The first-order valence-electron chi connectivity index (χ1n) is 11.9. The fraction of sp³-hybridized carbons (Fsp3) is 0.480. The van der Waals surface area contributed by atoms with Gasteiger partial charge in [0.1, 0.15) is 16.8 Å². The van der Waals surface area contributed by atoms with Crippen molar-refractivity contribution in [2.45, 2.75) is 49.9 Å². The maximum absolute atomic E-state index is 15.0. The third-order valence-electron chi connectivity index (χ3n) is 6.80. The number of hydrogen-bond acceptors (Lipinski definition) is 5. The zero-order valence-corrected chi connectivity index (χ0v) is 21.5. The quantitative estimate of drug-likeness (QED) is 0.437. The van der Waals surface area contributed by atoms with Crippen LogP contribution >= 0.6 is 23.2 Å². The van der Waals surface area contributed by atoms with Crippen LogP contribution in [-0.4, -0.2) is 55.8 Å². The van der Waals surface area contributed by atoms with Crippen LogP contribution in [0, 0.1) is 11.0 Å². The molecule has 35 heavy (non-hydrogen) atoms. The summed E-state index contributed by atoms with van der Waals surface area (Å²) in [4.78, 5) is 17.2. The highest BCUT2D eigenvalue weighted by molar-refractivity contribution is 7.84. The van der Waals surface area contributed by atoms with Gasteiger partial charge in [0.25, 0.3) is 5.91 Å². The second-order valence-electron chi connectivity index (χ2n) is 9.67. The van der Waals surface area contributed by atoms with Crippen molar-refractivity contribution in [3.8, 4) is 0 Å². The van der Waals surface area contributed by atoms with Crippen molar-refractivity contribution in [3.05, 3.63) is 73.7 Å². The van der Waals surface area contributed by atoms with Gasteiger partial charge in [0.2, 0.25) is 0 Å². The van der Waals surface area contributed by atoms with E-state index in [-0.39, 0.29) is 21.2 Å². The van der Waals surface area contributed by atoms with Gasteiger partial charge in [-0.25, -0.2) is 8.60 Å². The van der Waals surface area contributed by atoms with Gasteiger partial charge in [-0.2, -0.15) is 0 Å². The largest absolute Gasteiger partial charge is 0.744 e. The molecule has 1 saturated heterocycles. The predicted octanol–water partition coefficient (Wildman–Crippen LogP) is 5.09. The number of halogens is 3. The summed E-state index contributed by atoms with van der Waals surface area (Å²) in [5.41, 5.74) is 2.59. The van der Waals surface area contributed by atoms with Crippen LogP contribution in [0.4, 0.5) is 4.39 Å². The molecule has 1 amide bonds. The molecule has 3 aliphatic rings. The average Bonchev–Trinajstić information content (AvgIpc) is 3.72. The van der Waals surface area contributed by atoms with Crippen molar-refractivity contribution in [2.75, 3.05) is 26.2 Å². The van der Waals surface area contributed by atoms with Crippen molar-refractivity contribution in [3.63, 3.8) is 0 Å². The lowest BCUT2D eigenvalue weighted by Crippen LogP contribution is -2.45. The molecule has 0 spiro atoms. The Morgan fingerprint density at radius 1 is 0.971 bits per heavy atom. The zero-order valence-electron chi connectivity index (χ0n) is 19.2. The first kappa shape index (κ1) is 25.1. The molecule has 0 radical (unpaired) electrons. The minimum absolute atomic E-state index is 0.0429. The van der Waals surface area contributed by atoms with Crippen molar-refractivity contribution < 1.29 is 13.4 Å². The van der Waals surface area contributed by atoms with E-state index in [4.69, 9.17) is 23.2 Å². The summed E-state index contributed by atoms with van der Waals surface area (Å²) in [5, 5.41) is 13.2. The number of piperazine rings is 1. The molecule has 2 saturated carbocycles. The van der Waals surface area contributed by atoms with Crippen molar-refractivity contribution >= 4 is 40.1 Å². The Morgan fingerprint density at radius 2 is 1.57 bits per heavy atom. The van der Waals surface area contributed by atoms with Gasteiger partial charge in [-0.15, -0.1) is 0 Å². The van der Waals surface area contributed by atoms with Crippen LogP contribution in [0.3, 0.4) is 0 Å². The van der Waals surface area contributed by atoms with E-state index < -0.39 is 22.7 Å². The topological polar surface area (TPSA) is 66.9 Å². The van der Waals surface area contributed by atoms with Gasteiger partial charge in [-0.1, -0.05) is 23.2 Å². The summed E-state index contributed by atoms with van der Waals surface area (Å²) in [6, 6.07) is 8.50. The number of hydroxylamine groups is 1. The molecule has 0 aromatic heterocycles. The summed E-state index contributed by atoms with van der Waals surface area (Å²) < 4.78 is 27.1. The smallest absolute Gasteiger partial charge is 0.258 e. The molecule has 2 aromatic rings. The van der Waals surface area contributed by atoms with E-state index in [0.717, 1.165) is 62.3 Å². The van der Waals surface area contributed by atoms with Gasteiger partial charge < -0.3 is 9.68 Å². The van der Waals surface area contributed by atoms with Gasteiger partial charge >= 0.3 is 0 Å². The lowest BCUT2D eigenvalue weighted by atomic mass is 9.98. The van der Waals surface area contributed by atoms with Gasteiger partial charge in [-0.3, -0.25) is 14.6 Å². The molecule has 2 aromatic carbocycles. The summed E-state index contributed by atoms with van der Waals surface area (Å²) in [7, 11) is -1.94. The third-order valence-corrected chi connectivity index (χ3v) is 8.77. The molecule has 10 heteroatoms. The first-order chi connectivity index (χ1) is 16.8. The van der Waals surface area contributed by atoms with E-state index >= 15 is 0 Å². The minimum Gasteiger partial charge on any atom is -0.744 e. The molecule has 1 atom stereocenters. The van der Waals surface area contributed by atoms with Crippen molar-refractivity contribution in [1.29, 1.82) is 0 Å². The molecule has 0 N–H and O–H groups in total. The summed E-state index contributed by atoms with van der Waals surface area (Å²) in [6.45, 7) is 4.73. The number of hydrogen-bond donors (Lipinski definition) is 0. The van der Waals surface area contributed by atoms with Crippen LogP contribution in [0.1, 0.15) is 58.6 Å². The standard InChI is InChI=1S/C25H27Cl2FN3O3S/c26-19-9-16(10-20(27)12-19)14-29-5-7-30(8-6-29)15-18-11-24(28)23(13-22(18)17-1-2-17)25(32)31(33)35(34)21-3-4-21/h9-13,17,21H,1-8,14-15H2/q-1. The van der Waals surface area contributed by atoms with Crippen LogP contribution in [-0.2, 0) is 24.1 Å². The number of amides is 1. The molecule has 2 aliphatic carbocycles. The highest BCUT2D eigenvalue weighted by Crippen LogP contribution is 2.43. The van der Waals surface area contributed by atoms with Gasteiger partial charge in [0.05, 0.1) is 10.8 Å². The first-order valence-corrected chi connectivity index (χ1v) is 13.9.